The Hall–Kier alpha value is -1.78. The number of nitrogens with one attached hydrogen (secondary N) is 2. The smallest absolute Gasteiger partial charge is 0.220 e. The Balaban J connectivity index is 1.43. The molecule has 0 saturated carbocycles. The maximum atomic E-state index is 12.0. The number of aryl methyl sites for hydroxylation is 2. The fraction of sp³-hybridized carbons (Fsp3) is 0.368. The highest BCUT2D eigenvalue weighted by Gasteiger charge is 2.11. The van der Waals surface area contributed by atoms with Gasteiger partial charge in [-0.15, -0.1) is 0 Å². The lowest BCUT2D eigenvalue weighted by atomic mass is 10.1. The number of amides is 1. The highest BCUT2D eigenvalue weighted by molar-refractivity contribution is 6.42. The van der Waals surface area contributed by atoms with E-state index in [0.29, 0.717) is 29.4 Å². The van der Waals surface area contributed by atoms with Crippen molar-refractivity contribution >= 4 is 34.9 Å². The van der Waals surface area contributed by atoms with E-state index in [4.69, 9.17) is 23.2 Å². The van der Waals surface area contributed by atoms with Crippen molar-refractivity contribution in [3.63, 3.8) is 0 Å². The molecule has 0 atom stereocenters. The Morgan fingerprint density at radius 1 is 1.16 bits per heavy atom. The summed E-state index contributed by atoms with van der Waals surface area (Å²) in [6.45, 7) is 1.55. The molecule has 0 aliphatic carbocycles. The van der Waals surface area contributed by atoms with E-state index in [-0.39, 0.29) is 5.91 Å². The van der Waals surface area contributed by atoms with Gasteiger partial charge in [-0.2, -0.15) is 0 Å². The Morgan fingerprint density at radius 2 is 2.04 bits per heavy atom. The van der Waals surface area contributed by atoms with Crippen molar-refractivity contribution in [2.75, 3.05) is 18.4 Å². The molecule has 0 saturated heterocycles. The summed E-state index contributed by atoms with van der Waals surface area (Å²) in [5.41, 5.74) is 3.27. The molecule has 1 aliphatic heterocycles. The van der Waals surface area contributed by atoms with E-state index < -0.39 is 0 Å². The molecule has 0 unspecified atom stereocenters. The van der Waals surface area contributed by atoms with Crippen molar-refractivity contribution < 1.29 is 4.79 Å². The van der Waals surface area contributed by atoms with Gasteiger partial charge >= 0.3 is 0 Å². The van der Waals surface area contributed by atoms with Gasteiger partial charge in [-0.3, -0.25) is 4.79 Å². The average Bonchev–Trinajstić information content (AvgIpc) is 2.63. The number of hydrogen-bond donors (Lipinski definition) is 2. The Bertz CT molecular complexity index is 764. The molecule has 3 rings (SSSR count). The highest BCUT2D eigenvalue weighted by Crippen LogP contribution is 2.22. The quantitative estimate of drug-likeness (QED) is 0.798. The largest absolute Gasteiger partial charge is 0.370 e. The molecule has 25 heavy (non-hydrogen) atoms. The summed E-state index contributed by atoms with van der Waals surface area (Å²) in [6.07, 6.45) is 4.03. The number of carbonyl (C=O) groups is 1. The lowest BCUT2D eigenvalue weighted by Gasteiger charge is -2.17. The standard InChI is InChI=1S/C19H21Cl2N3O/c20-16-7-3-13(12-17(16)21)9-11-22-18(25)8-6-15-5-4-14-2-1-10-23-19(14)24-15/h3-5,7,12H,1-2,6,8-11H2,(H,22,25)(H,23,24). The molecule has 0 spiro atoms. The number of carbonyl (C=O) groups excluding carboxylic acids is 1. The summed E-state index contributed by atoms with van der Waals surface area (Å²) in [4.78, 5) is 16.6. The molecule has 0 fully saturated rings. The molecular weight excluding hydrogens is 357 g/mol. The first-order chi connectivity index (χ1) is 12.1. The number of fused-ring (bicyclic) bond motifs is 1. The van der Waals surface area contributed by atoms with Gasteiger partial charge in [0, 0.05) is 25.2 Å². The van der Waals surface area contributed by atoms with Gasteiger partial charge in [0.25, 0.3) is 0 Å². The van der Waals surface area contributed by atoms with E-state index in [2.05, 4.69) is 21.7 Å². The van der Waals surface area contributed by atoms with Gasteiger partial charge in [0.1, 0.15) is 5.82 Å². The van der Waals surface area contributed by atoms with Crippen molar-refractivity contribution in [1.82, 2.24) is 10.3 Å². The molecule has 1 aromatic heterocycles. The average molecular weight is 378 g/mol. The molecule has 1 aromatic carbocycles. The maximum Gasteiger partial charge on any atom is 0.220 e. The van der Waals surface area contributed by atoms with Crippen molar-refractivity contribution in [2.24, 2.45) is 0 Å². The monoisotopic (exact) mass is 377 g/mol. The molecule has 0 bridgehead atoms. The molecule has 2 aromatic rings. The molecule has 2 N–H and O–H groups in total. The SMILES string of the molecule is O=C(CCc1ccc2c(n1)NCCC2)NCCc1ccc(Cl)c(Cl)c1. The third-order valence-electron chi connectivity index (χ3n) is 4.28. The molecule has 4 nitrogen and oxygen atoms in total. The first-order valence-corrected chi connectivity index (χ1v) is 9.31. The van der Waals surface area contributed by atoms with Gasteiger partial charge in [-0.25, -0.2) is 4.98 Å². The topological polar surface area (TPSA) is 54.0 Å². The highest BCUT2D eigenvalue weighted by atomic mass is 35.5. The van der Waals surface area contributed by atoms with Gasteiger partial charge in [-0.1, -0.05) is 35.3 Å². The summed E-state index contributed by atoms with van der Waals surface area (Å²) in [5.74, 6) is 1.01. The molecule has 1 aliphatic rings. The van der Waals surface area contributed by atoms with E-state index in [1.165, 1.54) is 5.56 Å². The first kappa shape index (κ1) is 18.0. The van der Waals surface area contributed by atoms with Crippen LogP contribution >= 0.6 is 23.2 Å². The van der Waals surface area contributed by atoms with Crippen LogP contribution in [0.15, 0.2) is 30.3 Å². The second kappa shape index (κ2) is 8.54. The normalized spacial score (nSPS) is 13.0. The van der Waals surface area contributed by atoms with Crippen LogP contribution in [0.25, 0.3) is 0 Å². The van der Waals surface area contributed by atoms with Crippen LogP contribution in [0, 0.1) is 0 Å². The van der Waals surface area contributed by atoms with Crippen LogP contribution in [-0.2, 0) is 24.1 Å². The van der Waals surface area contributed by atoms with Gasteiger partial charge < -0.3 is 10.6 Å². The summed E-state index contributed by atoms with van der Waals surface area (Å²) >= 11 is 11.9. The van der Waals surface area contributed by atoms with E-state index in [1.807, 2.05) is 18.2 Å². The van der Waals surface area contributed by atoms with Gasteiger partial charge in [0.05, 0.1) is 10.0 Å². The van der Waals surface area contributed by atoms with Crippen LogP contribution in [-0.4, -0.2) is 24.0 Å². The number of halogens is 2. The fourth-order valence-electron chi connectivity index (χ4n) is 2.88. The zero-order valence-corrected chi connectivity index (χ0v) is 15.5. The van der Waals surface area contributed by atoms with Crippen LogP contribution in [0.2, 0.25) is 10.0 Å². The maximum absolute atomic E-state index is 12.0. The van der Waals surface area contributed by atoms with Gasteiger partial charge in [-0.05, 0) is 55.0 Å². The van der Waals surface area contributed by atoms with E-state index >= 15 is 0 Å². The van der Waals surface area contributed by atoms with Crippen LogP contribution in [0.4, 0.5) is 5.82 Å². The number of rotatable bonds is 6. The zero-order chi connectivity index (χ0) is 17.6. The Kier molecular flexibility index (Phi) is 6.16. The van der Waals surface area contributed by atoms with Crippen LogP contribution in [0.5, 0.6) is 0 Å². The summed E-state index contributed by atoms with van der Waals surface area (Å²) in [7, 11) is 0. The fourth-order valence-corrected chi connectivity index (χ4v) is 3.20. The van der Waals surface area contributed by atoms with Crippen molar-refractivity contribution in [2.45, 2.75) is 32.1 Å². The van der Waals surface area contributed by atoms with Gasteiger partial charge in [0.15, 0.2) is 0 Å². The number of benzene rings is 1. The second-order valence-corrected chi connectivity index (χ2v) is 7.00. The molecular formula is C19H21Cl2N3O. The minimum Gasteiger partial charge on any atom is -0.370 e. The Morgan fingerprint density at radius 3 is 2.88 bits per heavy atom. The Labute approximate surface area is 157 Å². The number of aromatic nitrogens is 1. The lowest BCUT2D eigenvalue weighted by Crippen LogP contribution is -2.26. The molecule has 2 heterocycles. The number of hydrogen-bond acceptors (Lipinski definition) is 3. The molecule has 6 heteroatoms. The lowest BCUT2D eigenvalue weighted by molar-refractivity contribution is -0.121. The van der Waals surface area contributed by atoms with E-state index in [9.17, 15) is 4.79 Å². The van der Waals surface area contributed by atoms with E-state index in [0.717, 1.165) is 42.9 Å². The number of anilines is 1. The zero-order valence-electron chi connectivity index (χ0n) is 13.9. The predicted octanol–water partition coefficient (Wildman–Crippen LogP) is 4.04. The minimum atomic E-state index is 0.0348. The predicted molar refractivity (Wildman–Crippen MR) is 103 cm³/mol. The third kappa shape index (κ3) is 5.10. The third-order valence-corrected chi connectivity index (χ3v) is 5.02. The van der Waals surface area contributed by atoms with Crippen molar-refractivity contribution in [1.29, 1.82) is 0 Å². The summed E-state index contributed by atoms with van der Waals surface area (Å²) in [5, 5.41) is 7.34. The van der Waals surface area contributed by atoms with Crippen molar-refractivity contribution in [3.05, 3.63) is 57.2 Å². The minimum absolute atomic E-state index is 0.0348. The number of nitrogens with zero attached hydrogens (tertiary/aromatic N) is 1. The van der Waals surface area contributed by atoms with Crippen molar-refractivity contribution in [3.8, 4) is 0 Å². The second-order valence-electron chi connectivity index (χ2n) is 6.19. The van der Waals surface area contributed by atoms with E-state index in [1.54, 1.807) is 6.07 Å². The summed E-state index contributed by atoms with van der Waals surface area (Å²) < 4.78 is 0. The van der Waals surface area contributed by atoms with Gasteiger partial charge in [0.2, 0.25) is 5.91 Å². The van der Waals surface area contributed by atoms with Crippen LogP contribution in [0.3, 0.4) is 0 Å². The molecule has 1 amide bonds. The molecule has 0 radical (unpaired) electrons. The molecule has 132 valence electrons. The van der Waals surface area contributed by atoms with Crippen LogP contribution < -0.4 is 10.6 Å². The number of pyridine rings is 1. The first-order valence-electron chi connectivity index (χ1n) is 8.55. The summed E-state index contributed by atoms with van der Waals surface area (Å²) in [6, 6.07) is 9.67. The van der Waals surface area contributed by atoms with Crippen LogP contribution in [0.1, 0.15) is 29.7 Å².